The maximum atomic E-state index is 14.2. The maximum Gasteiger partial charge on any atom is 0.243 e. The van der Waals surface area contributed by atoms with Crippen molar-refractivity contribution in [3.8, 4) is 5.75 Å². The zero-order valence-corrected chi connectivity index (χ0v) is 26.8. The third kappa shape index (κ3) is 5.75. The highest BCUT2D eigenvalue weighted by Crippen LogP contribution is 2.37. The van der Waals surface area contributed by atoms with Gasteiger partial charge in [-0.05, 0) is 96.5 Å². The van der Waals surface area contributed by atoms with E-state index in [-0.39, 0.29) is 23.3 Å². The van der Waals surface area contributed by atoms with Crippen molar-refractivity contribution < 1.29 is 17.9 Å². The summed E-state index contributed by atoms with van der Waals surface area (Å²) in [6, 6.07) is 16.8. The quantitative estimate of drug-likeness (QED) is 0.287. The molecule has 0 bridgehead atoms. The molecule has 0 saturated heterocycles. The minimum absolute atomic E-state index is 0.0128. The fraction of sp³-hybridized carbons (Fsp3) is 0.429. The SMILES string of the molecule is COc1ccc2cc(S(=O)(=O)N3CCn4cccc4C3CC(=O)N(C)[C@H]3CCC[C@@H](N4CCc5cnccc5C4)C3)ccc2c1. The number of hydrogen-bond acceptors (Lipinski definition) is 6. The minimum atomic E-state index is -3.88. The van der Waals surface area contributed by atoms with Crippen LogP contribution in [0.5, 0.6) is 5.75 Å². The summed E-state index contributed by atoms with van der Waals surface area (Å²) in [4.78, 5) is 23.0. The standard InChI is InChI=1S/C35H41N5O4S/c1-37(29-5-3-6-30(21-29)39-16-13-27-23-36-14-12-28(27)24-39)35(41)22-34-33-7-4-15-38(33)17-18-40(34)45(42,43)32-11-9-25-19-31(44-2)10-8-26(25)20-32/h4,7-12,14-15,19-20,23,29-30,34H,3,5-6,13,16-18,21-22,24H2,1-2H3/t29-,30+,34?/m0/s1. The molecule has 1 unspecified atom stereocenters. The summed E-state index contributed by atoms with van der Waals surface area (Å²) in [7, 11) is -0.354. The van der Waals surface area contributed by atoms with Gasteiger partial charge in [0.15, 0.2) is 0 Å². The Labute approximate surface area is 265 Å². The molecule has 3 aliphatic rings. The zero-order chi connectivity index (χ0) is 31.1. The Kier molecular flexibility index (Phi) is 8.14. The minimum Gasteiger partial charge on any atom is -0.497 e. The second-order valence-corrected chi connectivity index (χ2v) is 14.6. The van der Waals surface area contributed by atoms with E-state index in [1.807, 2.05) is 66.9 Å². The van der Waals surface area contributed by atoms with E-state index in [0.29, 0.717) is 19.1 Å². The van der Waals surface area contributed by atoms with Gasteiger partial charge in [0.05, 0.1) is 18.0 Å². The Bertz CT molecular complexity index is 1820. The van der Waals surface area contributed by atoms with Gasteiger partial charge in [0.1, 0.15) is 5.75 Å². The Hall–Kier alpha value is -3.73. The number of nitrogens with zero attached hydrogens (tertiary/aromatic N) is 5. The number of amides is 1. The highest BCUT2D eigenvalue weighted by atomic mass is 32.2. The van der Waals surface area contributed by atoms with Crippen LogP contribution in [0.25, 0.3) is 10.8 Å². The molecule has 0 N–H and O–H groups in total. The molecule has 1 aliphatic carbocycles. The number of ether oxygens (including phenoxy) is 1. The summed E-state index contributed by atoms with van der Waals surface area (Å²) in [6.45, 7) is 2.80. The van der Waals surface area contributed by atoms with Crippen LogP contribution in [0.2, 0.25) is 0 Å². The van der Waals surface area contributed by atoms with Gasteiger partial charge in [0, 0.05) is 76.0 Å². The fourth-order valence-corrected chi connectivity index (χ4v) is 9.23. The lowest BCUT2D eigenvalue weighted by atomic mass is 9.87. The van der Waals surface area contributed by atoms with Gasteiger partial charge in [0.25, 0.3) is 0 Å². The Morgan fingerprint density at radius 2 is 1.87 bits per heavy atom. The number of benzene rings is 2. The summed E-state index contributed by atoms with van der Waals surface area (Å²) in [5.74, 6) is 0.710. The second kappa shape index (κ2) is 12.2. The van der Waals surface area contributed by atoms with Crippen LogP contribution in [0.3, 0.4) is 0 Å². The van der Waals surface area contributed by atoms with Crippen LogP contribution in [-0.2, 0) is 34.3 Å². The van der Waals surface area contributed by atoms with Crippen molar-refractivity contribution in [1.29, 1.82) is 0 Å². The highest BCUT2D eigenvalue weighted by Gasteiger charge is 2.40. The number of carbonyl (C=O) groups excluding carboxylic acids is 1. The number of pyridine rings is 1. The van der Waals surface area contributed by atoms with Crippen LogP contribution in [0.15, 0.2) is 78.1 Å². The molecule has 236 valence electrons. The number of carbonyl (C=O) groups is 1. The Morgan fingerprint density at radius 3 is 2.73 bits per heavy atom. The molecule has 0 radical (unpaired) electrons. The van der Waals surface area contributed by atoms with Gasteiger partial charge in [-0.3, -0.25) is 14.7 Å². The topological polar surface area (TPSA) is 88.0 Å². The average Bonchev–Trinajstić information content (AvgIpc) is 3.57. The molecule has 1 fully saturated rings. The van der Waals surface area contributed by atoms with Crippen molar-refractivity contribution in [3.63, 3.8) is 0 Å². The summed E-state index contributed by atoms with van der Waals surface area (Å²) >= 11 is 0. The van der Waals surface area contributed by atoms with E-state index in [2.05, 4.69) is 20.5 Å². The third-order valence-electron chi connectivity index (χ3n) is 10.2. The molecule has 3 atom stereocenters. The largest absolute Gasteiger partial charge is 0.497 e. The number of fused-ring (bicyclic) bond motifs is 3. The van der Waals surface area contributed by atoms with Crippen molar-refractivity contribution in [2.75, 3.05) is 27.2 Å². The van der Waals surface area contributed by atoms with Gasteiger partial charge < -0.3 is 14.2 Å². The van der Waals surface area contributed by atoms with E-state index in [9.17, 15) is 13.2 Å². The van der Waals surface area contributed by atoms with Crippen molar-refractivity contribution in [2.24, 2.45) is 0 Å². The first-order valence-electron chi connectivity index (χ1n) is 16.0. The number of hydrogen-bond donors (Lipinski definition) is 0. The van der Waals surface area contributed by atoms with Crippen molar-refractivity contribution >= 4 is 26.7 Å². The van der Waals surface area contributed by atoms with Crippen molar-refractivity contribution in [2.45, 2.75) is 74.6 Å². The van der Waals surface area contributed by atoms with Gasteiger partial charge >= 0.3 is 0 Å². The van der Waals surface area contributed by atoms with Gasteiger partial charge in [0.2, 0.25) is 15.9 Å². The molecule has 2 aromatic carbocycles. The molecular weight excluding hydrogens is 586 g/mol. The number of methoxy groups -OCH3 is 1. The van der Waals surface area contributed by atoms with Crippen LogP contribution in [0.4, 0.5) is 0 Å². The molecule has 4 heterocycles. The predicted octanol–water partition coefficient (Wildman–Crippen LogP) is 5.01. The van der Waals surface area contributed by atoms with E-state index in [1.54, 1.807) is 23.5 Å². The van der Waals surface area contributed by atoms with Gasteiger partial charge in [-0.2, -0.15) is 4.31 Å². The fourth-order valence-electron chi connectivity index (χ4n) is 7.61. The molecule has 45 heavy (non-hydrogen) atoms. The van der Waals surface area contributed by atoms with E-state index in [0.717, 1.165) is 67.4 Å². The van der Waals surface area contributed by atoms with Crippen molar-refractivity contribution in [3.05, 3.63) is 90.0 Å². The molecular formula is C35H41N5O4S. The molecule has 0 spiro atoms. The number of rotatable bonds is 7. The number of aromatic nitrogens is 2. The highest BCUT2D eigenvalue weighted by molar-refractivity contribution is 7.89. The monoisotopic (exact) mass is 627 g/mol. The summed E-state index contributed by atoms with van der Waals surface area (Å²) in [5.41, 5.74) is 3.56. The normalized spacial score (nSPS) is 22.5. The zero-order valence-electron chi connectivity index (χ0n) is 26.0. The number of sulfonamides is 1. The summed E-state index contributed by atoms with van der Waals surface area (Å²) in [5, 5.41) is 1.73. The summed E-state index contributed by atoms with van der Waals surface area (Å²) in [6.07, 6.45) is 11.1. The first kappa shape index (κ1) is 30.0. The lowest BCUT2D eigenvalue weighted by Crippen LogP contribution is -2.49. The first-order chi connectivity index (χ1) is 21.8. The van der Waals surface area contributed by atoms with Crippen LogP contribution in [-0.4, -0.2) is 77.3 Å². The van der Waals surface area contributed by atoms with Crippen LogP contribution in [0.1, 0.15) is 55.0 Å². The third-order valence-corrected chi connectivity index (χ3v) is 12.1. The molecule has 9 nitrogen and oxygen atoms in total. The predicted molar refractivity (Wildman–Crippen MR) is 173 cm³/mol. The Morgan fingerprint density at radius 1 is 1.02 bits per heavy atom. The maximum absolute atomic E-state index is 14.2. The van der Waals surface area contributed by atoms with E-state index >= 15 is 0 Å². The molecule has 1 saturated carbocycles. The molecule has 2 aliphatic heterocycles. The second-order valence-electron chi connectivity index (χ2n) is 12.7. The van der Waals surface area contributed by atoms with Crippen LogP contribution < -0.4 is 4.74 Å². The van der Waals surface area contributed by atoms with Gasteiger partial charge in [-0.1, -0.05) is 12.1 Å². The van der Waals surface area contributed by atoms with Gasteiger partial charge in [-0.25, -0.2) is 8.42 Å². The van der Waals surface area contributed by atoms with Crippen molar-refractivity contribution in [1.82, 2.24) is 23.7 Å². The Balaban J connectivity index is 1.09. The summed E-state index contributed by atoms with van der Waals surface area (Å²) < 4.78 is 37.4. The van der Waals surface area contributed by atoms with E-state index in [4.69, 9.17) is 4.74 Å². The van der Waals surface area contributed by atoms with E-state index < -0.39 is 16.1 Å². The molecule has 2 aromatic heterocycles. The van der Waals surface area contributed by atoms with Crippen LogP contribution in [0, 0.1) is 0 Å². The lowest BCUT2D eigenvalue weighted by molar-refractivity contribution is -0.134. The lowest BCUT2D eigenvalue weighted by Gasteiger charge is -2.43. The average molecular weight is 628 g/mol. The van der Waals surface area contributed by atoms with Gasteiger partial charge in [-0.15, -0.1) is 0 Å². The van der Waals surface area contributed by atoms with Crippen LogP contribution >= 0.6 is 0 Å². The molecule has 10 heteroatoms. The molecule has 7 rings (SSSR count). The molecule has 4 aromatic rings. The molecule has 1 amide bonds. The smallest absolute Gasteiger partial charge is 0.243 e. The first-order valence-corrected chi connectivity index (χ1v) is 17.4. The van der Waals surface area contributed by atoms with E-state index in [1.165, 1.54) is 11.1 Å².